The van der Waals surface area contributed by atoms with Crippen LogP contribution in [0.5, 0.6) is 5.75 Å². The van der Waals surface area contributed by atoms with Gasteiger partial charge in [0, 0.05) is 0 Å². The van der Waals surface area contributed by atoms with E-state index in [1.54, 1.807) is 13.2 Å². The Labute approximate surface area is 116 Å². The van der Waals surface area contributed by atoms with Crippen LogP contribution in [0.25, 0.3) is 0 Å². The molecule has 0 aliphatic carbocycles. The molecule has 0 unspecified atom stereocenters. The van der Waals surface area contributed by atoms with E-state index in [0.717, 1.165) is 11.3 Å². The van der Waals surface area contributed by atoms with E-state index in [-0.39, 0.29) is 6.61 Å². The number of carbonyl (C=O) groups is 1. The van der Waals surface area contributed by atoms with Gasteiger partial charge in [-0.05, 0) is 23.8 Å². The van der Waals surface area contributed by atoms with E-state index in [9.17, 15) is 4.79 Å². The number of benzene rings is 1. The van der Waals surface area contributed by atoms with Gasteiger partial charge in [0.15, 0.2) is 0 Å². The quantitative estimate of drug-likeness (QED) is 0.475. The second-order valence-corrected chi connectivity index (χ2v) is 4.08. The van der Waals surface area contributed by atoms with Gasteiger partial charge in [-0.25, -0.2) is 5.84 Å². The highest BCUT2D eigenvalue weighted by Crippen LogP contribution is 2.15. The third kappa shape index (κ3) is 3.37. The number of methoxy groups -OCH3 is 1. The maximum absolute atomic E-state index is 11.4. The summed E-state index contributed by atoms with van der Waals surface area (Å²) in [5.74, 6) is 5.90. The fourth-order valence-corrected chi connectivity index (χ4v) is 1.76. The number of furan rings is 1. The number of carbonyl (C=O) groups excluding carboxylic acids is 1. The lowest BCUT2D eigenvalue weighted by Gasteiger charge is -2.06. The molecule has 2 rings (SSSR count). The summed E-state index contributed by atoms with van der Waals surface area (Å²) < 4.78 is 15.9. The molecule has 0 saturated carbocycles. The Balaban J connectivity index is 1.93. The lowest BCUT2D eigenvalue weighted by Crippen LogP contribution is -2.30. The zero-order chi connectivity index (χ0) is 14.4. The summed E-state index contributed by atoms with van der Waals surface area (Å²) in [6, 6.07) is 9.11. The standard InChI is InChI=1S/C14H16N2O4/c1-18-11-4-2-3-10(7-11)8-19-9-13-12(5-6-20-13)14(17)16-15/h2-7H,8-9,15H2,1H3,(H,16,17). The fraction of sp³-hybridized carbons (Fsp3) is 0.214. The molecular weight excluding hydrogens is 260 g/mol. The van der Waals surface area contributed by atoms with Crippen molar-refractivity contribution in [2.24, 2.45) is 5.84 Å². The molecule has 1 aromatic heterocycles. The number of nitrogens with two attached hydrogens (primary N) is 1. The highest BCUT2D eigenvalue weighted by Gasteiger charge is 2.13. The van der Waals surface area contributed by atoms with Crippen LogP contribution in [0.2, 0.25) is 0 Å². The monoisotopic (exact) mass is 276 g/mol. The second-order valence-electron chi connectivity index (χ2n) is 4.08. The molecule has 0 saturated heterocycles. The van der Waals surface area contributed by atoms with Crippen molar-refractivity contribution in [1.82, 2.24) is 5.43 Å². The summed E-state index contributed by atoms with van der Waals surface area (Å²) in [6.45, 7) is 0.578. The highest BCUT2D eigenvalue weighted by atomic mass is 16.5. The van der Waals surface area contributed by atoms with Gasteiger partial charge in [0.25, 0.3) is 5.91 Å². The lowest BCUT2D eigenvalue weighted by atomic mass is 10.2. The number of nitrogens with one attached hydrogen (secondary N) is 1. The molecule has 1 heterocycles. The average Bonchev–Trinajstić information content (AvgIpc) is 2.95. The summed E-state index contributed by atoms with van der Waals surface area (Å²) in [5, 5.41) is 0. The number of amides is 1. The van der Waals surface area contributed by atoms with Gasteiger partial charge in [0.2, 0.25) is 0 Å². The maximum atomic E-state index is 11.4. The first kappa shape index (κ1) is 14.1. The Kier molecular flexibility index (Phi) is 4.75. The third-order valence-electron chi connectivity index (χ3n) is 2.76. The molecule has 20 heavy (non-hydrogen) atoms. The predicted octanol–water partition coefficient (Wildman–Crippen LogP) is 1.61. The molecule has 6 heteroatoms. The van der Waals surface area contributed by atoms with Crippen LogP contribution < -0.4 is 16.0 Å². The second kappa shape index (κ2) is 6.74. The van der Waals surface area contributed by atoms with E-state index in [1.165, 1.54) is 6.26 Å². The van der Waals surface area contributed by atoms with Crippen molar-refractivity contribution in [3.63, 3.8) is 0 Å². The summed E-state index contributed by atoms with van der Waals surface area (Å²) >= 11 is 0. The third-order valence-corrected chi connectivity index (χ3v) is 2.76. The van der Waals surface area contributed by atoms with Gasteiger partial charge in [0.1, 0.15) is 18.1 Å². The Bertz CT molecular complexity index is 580. The van der Waals surface area contributed by atoms with Crippen molar-refractivity contribution in [2.75, 3.05) is 7.11 Å². The van der Waals surface area contributed by atoms with E-state index in [4.69, 9.17) is 19.7 Å². The van der Waals surface area contributed by atoms with Gasteiger partial charge in [-0.1, -0.05) is 12.1 Å². The van der Waals surface area contributed by atoms with Crippen LogP contribution in [0, 0.1) is 0 Å². The van der Waals surface area contributed by atoms with Crippen LogP contribution in [-0.4, -0.2) is 13.0 Å². The first-order valence-corrected chi connectivity index (χ1v) is 6.02. The van der Waals surface area contributed by atoms with Crippen LogP contribution >= 0.6 is 0 Å². The minimum Gasteiger partial charge on any atom is -0.497 e. The van der Waals surface area contributed by atoms with Crippen LogP contribution in [0.4, 0.5) is 0 Å². The molecule has 0 bridgehead atoms. The molecule has 2 aromatic rings. The molecule has 0 spiro atoms. The SMILES string of the molecule is COc1cccc(COCc2occc2C(=O)NN)c1. The average molecular weight is 276 g/mol. The highest BCUT2D eigenvalue weighted by molar-refractivity contribution is 5.94. The van der Waals surface area contributed by atoms with E-state index in [1.807, 2.05) is 24.3 Å². The van der Waals surface area contributed by atoms with Crippen molar-refractivity contribution in [3.05, 3.63) is 53.5 Å². The summed E-state index contributed by atoms with van der Waals surface area (Å²) in [6.07, 6.45) is 1.43. The van der Waals surface area contributed by atoms with Gasteiger partial charge in [0.05, 0.1) is 25.5 Å². The van der Waals surface area contributed by atoms with Gasteiger partial charge in [-0.3, -0.25) is 10.2 Å². The van der Waals surface area contributed by atoms with Crippen LogP contribution in [0.1, 0.15) is 21.7 Å². The zero-order valence-electron chi connectivity index (χ0n) is 11.1. The van der Waals surface area contributed by atoms with E-state index < -0.39 is 5.91 Å². The summed E-state index contributed by atoms with van der Waals surface area (Å²) in [5.41, 5.74) is 3.41. The lowest BCUT2D eigenvalue weighted by molar-refractivity contribution is 0.0869. The van der Waals surface area contributed by atoms with Crippen LogP contribution in [-0.2, 0) is 18.0 Å². The summed E-state index contributed by atoms with van der Waals surface area (Å²) in [7, 11) is 1.61. The Hall–Kier alpha value is -2.31. The molecule has 0 atom stereocenters. The fourth-order valence-electron chi connectivity index (χ4n) is 1.76. The van der Waals surface area contributed by atoms with Gasteiger partial charge >= 0.3 is 0 Å². The minimum atomic E-state index is -0.404. The topological polar surface area (TPSA) is 86.7 Å². The normalized spacial score (nSPS) is 10.3. The van der Waals surface area contributed by atoms with E-state index in [0.29, 0.717) is 17.9 Å². The zero-order valence-corrected chi connectivity index (χ0v) is 11.1. The Morgan fingerprint density at radius 1 is 1.35 bits per heavy atom. The van der Waals surface area contributed by atoms with Crippen LogP contribution in [0.3, 0.4) is 0 Å². The number of rotatable bonds is 6. The molecule has 0 aliphatic rings. The molecule has 106 valence electrons. The number of hydrogen-bond donors (Lipinski definition) is 2. The van der Waals surface area contributed by atoms with Crippen molar-refractivity contribution in [1.29, 1.82) is 0 Å². The van der Waals surface area contributed by atoms with E-state index in [2.05, 4.69) is 5.43 Å². The van der Waals surface area contributed by atoms with Crippen molar-refractivity contribution < 1.29 is 18.7 Å². The minimum absolute atomic E-state index is 0.187. The van der Waals surface area contributed by atoms with Gasteiger partial charge < -0.3 is 13.9 Å². The van der Waals surface area contributed by atoms with Crippen molar-refractivity contribution >= 4 is 5.91 Å². The summed E-state index contributed by atoms with van der Waals surface area (Å²) in [4.78, 5) is 11.4. The van der Waals surface area contributed by atoms with Gasteiger partial charge in [-0.2, -0.15) is 0 Å². The molecule has 0 aliphatic heterocycles. The number of hydrazine groups is 1. The molecule has 6 nitrogen and oxygen atoms in total. The molecule has 1 amide bonds. The first-order valence-electron chi connectivity index (χ1n) is 6.02. The van der Waals surface area contributed by atoms with Crippen LogP contribution in [0.15, 0.2) is 41.0 Å². The van der Waals surface area contributed by atoms with E-state index >= 15 is 0 Å². The molecule has 0 radical (unpaired) electrons. The van der Waals surface area contributed by atoms with Crippen molar-refractivity contribution in [2.45, 2.75) is 13.2 Å². The number of nitrogen functional groups attached to an aromatic ring is 1. The molecule has 1 aromatic carbocycles. The smallest absolute Gasteiger partial charge is 0.268 e. The first-order chi connectivity index (χ1) is 9.74. The molecule has 0 fully saturated rings. The maximum Gasteiger partial charge on any atom is 0.268 e. The predicted molar refractivity (Wildman–Crippen MR) is 71.8 cm³/mol. The number of ether oxygens (including phenoxy) is 2. The molecular formula is C14H16N2O4. The number of hydrogen-bond acceptors (Lipinski definition) is 5. The largest absolute Gasteiger partial charge is 0.497 e. The molecule has 3 N–H and O–H groups in total. The van der Waals surface area contributed by atoms with Gasteiger partial charge in [-0.15, -0.1) is 0 Å². The van der Waals surface area contributed by atoms with Crippen molar-refractivity contribution in [3.8, 4) is 5.75 Å². The Morgan fingerprint density at radius 3 is 2.95 bits per heavy atom. The Morgan fingerprint density at radius 2 is 2.20 bits per heavy atom.